The first-order valence-corrected chi connectivity index (χ1v) is 11.0. The number of nitrogens with zero attached hydrogens (tertiary/aromatic N) is 1. The van der Waals surface area contributed by atoms with Crippen LogP contribution in [0, 0.1) is 0 Å². The molecule has 1 fully saturated rings. The molecule has 2 heterocycles. The van der Waals surface area contributed by atoms with Crippen LogP contribution in [0.1, 0.15) is 43.0 Å². The van der Waals surface area contributed by atoms with Crippen molar-refractivity contribution < 1.29 is 19.1 Å². The van der Waals surface area contributed by atoms with Crippen LogP contribution in [0.4, 0.5) is 5.00 Å². The van der Waals surface area contributed by atoms with Gasteiger partial charge >= 0.3 is 5.97 Å². The number of rotatable bonds is 8. The number of hydrogen-bond donors (Lipinski definition) is 2. The van der Waals surface area contributed by atoms with E-state index >= 15 is 0 Å². The molecule has 1 aromatic heterocycles. The second kappa shape index (κ2) is 10.4. The van der Waals surface area contributed by atoms with Gasteiger partial charge in [-0.05, 0) is 31.9 Å². The summed E-state index contributed by atoms with van der Waals surface area (Å²) in [5, 5.41) is 5.21. The van der Waals surface area contributed by atoms with Crippen molar-refractivity contribution in [2.75, 3.05) is 25.0 Å². The summed E-state index contributed by atoms with van der Waals surface area (Å²) in [5.74, 6) is -1.04. The summed E-state index contributed by atoms with van der Waals surface area (Å²) in [4.78, 5) is 38.8. The number of primary amides is 1. The van der Waals surface area contributed by atoms with E-state index in [4.69, 9.17) is 10.5 Å². The van der Waals surface area contributed by atoms with E-state index in [1.54, 1.807) is 6.92 Å². The molecule has 8 heteroatoms. The fourth-order valence-electron chi connectivity index (χ4n) is 3.77. The summed E-state index contributed by atoms with van der Waals surface area (Å²) in [6.07, 6.45) is 3.10. The minimum absolute atomic E-state index is 0.0188. The van der Waals surface area contributed by atoms with Gasteiger partial charge in [-0.2, -0.15) is 0 Å². The molecular formula is C22H27N3O4S. The molecule has 160 valence electrons. The molecule has 1 aliphatic heterocycles. The van der Waals surface area contributed by atoms with Crippen molar-refractivity contribution in [2.24, 2.45) is 5.73 Å². The number of amides is 2. The lowest BCUT2D eigenvalue weighted by Gasteiger charge is -2.34. The van der Waals surface area contributed by atoms with Crippen molar-refractivity contribution in [1.82, 2.24) is 4.90 Å². The zero-order chi connectivity index (χ0) is 21.5. The van der Waals surface area contributed by atoms with Gasteiger partial charge in [-0.15, -0.1) is 11.3 Å². The van der Waals surface area contributed by atoms with Gasteiger partial charge in [0.15, 0.2) is 0 Å². The highest BCUT2D eigenvalue weighted by atomic mass is 32.1. The average Bonchev–Trinajstić information content (AvgIpc) is 3.13. The topological polar surface area (TPSA) is 102 Å². The van der Waals surface area contributed by atoms with E-state index in [-0.39, 0.29) is 37.4 Å². The Morgan fingerprint density at radius 1 is 1.23 bits per heavy atom. The van der Waals surface area contributed by atoms with Crippen LogP contribution >= 0.6 is 11.3 Å². The Hall–Kier alpha value is -2.71. The average molecular weight is 430 g/mol. The fraction of sp³-hybridized carbons (Fsp3) is 0.409. The second-order valence-corrected chi connectivity index (χ2v) is 8.16. The minimum atomic E-state index is -0.461. The third-order valence-electron chi connectivity index (χ3n) is 5.14. The molecule has 3 N–H and O–H groups in total. The lowest BCUT2D eigenvalue weighted by atomic mass is 9.99. The minimum Gasteiger partial charge on any atom is -0.462 e. The molecule has 3 rings (SSSR count). The van der Waals surface area contributed by atoms with Gasteiger partial charge < -0.3 is 15.8 Å². The molecule has 0 saturated carbocycles. The molecule has 2 amide bonds. The Kier molecular flexibility index (Phi) is 7.59. The van der Waals surface area contributed by atoms with Gasteiger partial charge in [-0.3, -0.25) is 14.5 Å². The highest BCUT2D eigenvalue weighted by molar-refractivity contribution is 7.15. The molecule has 0 bridgehead atoms. The molecule has 7 nitrogen and oxygen atoms in total. The molecule has 1 unspecified atom stereocenters. The van der Waals surface area contributed by atoms with Crippen LogP contribution in [-0.2, 0) is 14.3 Å². The molecular weight excluding hydrogens is 402 g/mol. The van der Waals surface area contributed by atoms with E-state index in [0.717, 1.165) is 36.9 Å². The van der Waals surface area contributed by atoms with Crippen LogP contribution in [0.5, 0.6) is 0 Å². The first kappa shape index (κ1) is 22.0. The van der Waals surface area contributed by atoms with E-state index in [9.17, 15) is 14.4 Å². The third-order valence-corrected chi connectivity index (χ3v) is 6.04. The Balaban J connectivity index is 1.78. The summed E-state index contributed by atoms with van der Waals surface area (Å²) in [6, 6.07) is 9.51. The number of benzene rings is 1. The standard InChI is InChI=1S/C22H27N3O4S/c1-2-29-22(28)20-17(15-8-4-3-5-9-15)14-30-21(20)24-19(27)13-25-11-7-6-10-16(25)12-18(23)26/h3-5,8-9,14,16H,2,6-7,10-13H2,1H3,(H2,23,26)(H,24,27). The number of likely N-dealkylation sites (tertiary alicyclic amines) is 1. The van der Waals surface area contributed by atoms with Crippen LogP contribution in [0.3, 0.4) is 0 Å². The maximum Gasteiger partial charge on any atom is 0.341 e. The molecule has 30 heavy (non-hydrogen) atoms. The number of ether oxygens (including phenoxy) is 1. The first-order valence-electron chi connectivity index (χ1n) is 10.2. The maximum atomic E-state index is 12.8. The molecule has 1 aromatic carbocycles. The van der Waals surface area contributed by atoms with Crippen LogP contribution < -0.4 is 11.1 Å². The smallest absolute Gasteiger partial charge is 0.341 e. The molecule has 1 saturated heterocycles. The highest BCUT2D eigenvalue weighted by Crippen LogP contribution is 2.36. The molecule has 1 aliphatic rings. The lowest BCUT2D eigenvalue weighted by Crippen LogP contribution is -2.45. The molecule has 1 atom stereocenters. The van der Waals surface area contributed by atoms with Crippen molar-refractivity contribution in [1.29, 1.82) is 0 Å². The van der Waals surface area contributed by atoms with E-state index in [2.05, 4.69) is 5.32 Å². The van der Waals surface area contributed by atoms with Crippen molar-refractivity contribution in [3.05, 3.63) is 41.3 Å². The van der Waals surface area contributed by atoms with E-state index in [1.807, 2.05) is 40.6 Å². The normalized spacial score (nSPS) is 16.8. The highest BCUT2D eigenvalue weighted by Gasteiger charge is 2.27. The van der Waals surface area contributed by atoms with Gasteiger partial charge in [0, 0.05) is 23.4 Å². The first-order chi connectivity index (χ1) is 14.5. The van der Waals surface area contributed by atoms with Crippen molar-refractivity contribution in [2.45, 2.75) is 38.6 Å². The van der Waals surface area contributed by atoms with Gasteiger partial charge in [0.05, 0.1) is 13.2 Å². The largest absolute Gasteiger partial charge is 0.462 e. The van der Waals surface area contributed by atoms with E-state index in [0.29, 0.717) is 10.6 Å². The van der Waals surface area contributed by atoms with Crippen LogP contribution in [0.25, 0.3) is 11.1 Å². The summed E-state index contributed by atoms with van der Waals surface area (Å²) in [6.45, 7) is 2.90. The maximum absolute atomic E-state index is 12.8. The van der Waals surface area contributed by atoms with E-state index < -0.39 is 5.97 Å². The van der Waals surface area contributed by atoms with Crippen molar-refractivity contribution >= 4 is 34.1 Å². The number of carbonyl (C=O) groups excluding carboxylic acids is 3. The van der Waals surface area contributed by atoms with Gasteiger partial charge in [-0.1, -0.05) is 36.8 Å². The van der Waals surface area contributed by atoms with Gasteiger partial charge in [0.2, 0.25) is 11.8 Å². The number of thiophene rings is 1. The van der Waals surface area contributed by atoms with Crippen LogP contribution in [0.15, 0.2) is 35.7 Å². The number of nitrogens with two attached hydrogens (primary N) is 1. The fourth-order valence-corrected chi connectivity index (χ4v) is 4.74. The number of anilines is 1. The monoisotopic (exact) mass is 429 g/mol. The number of hydrogen-bond acceptors (Lipinski definition) is 6. The van der Waals surface area contributed by atoms with Crippen LogP contribution in [-0.4, -0.2) is 48.4 Å². The van der Waals surface area contributed by atoms with Gasteiger partial charge in [0.1, 0.15) is 10.6 Å². The van der Waals surface area contributed by atoms with Crippen molar-refractivity contribution in [3.8, 4) is 11.1 Å². The summed E-state index contributed by atoms with van der Waals surface area (Å²) >= 11 is 1.30. The molecule has 2 aromatic rings. The second-order valence-electron chi connectivity index (χ2n) is 7.28. The predicted octanol–water partition coefficient (Wildman–Crippen LogP) is 3.26. The van der Waals surface area contributed by atoms with E-state index in [1.165, 1.54) is 11.3 Å². The zero-order valence-electron chi connectivity index (χ0n) is 17.1. The molecule has 0 spiro atoms. The Labute approximate surface area is 180 Å². The summed E-state index contributed by atoms with van der Waals surface area (Å²) in [5.41, 5.74) is 7.35. The Morgan fingerprint density at radius 3 is 2.70 bits per heavy atom. The Bertz CT molecular complexity index is 897. The number of esters is 1. The predicted molar refractivity (Wildman–Crippen MR) is 117 cm³/mol. The number of nitrogens with one attached hydrogen (secondary N) is 1. The number of carbonyl (C=O) groups is 3. The van der Waals surface area contributed by atoms with Crippen LogP contribution in [0.2, 0.25) is 0 Å². The molecule has 0 radical (unpaired) electrons. The number of piperidine rings is 1. The Morgan fingerprint density at radius 2 is 2.00 bits per heavy atom. The van der Waals surface area contributed by atoms with Gasteiger partial charge in [0.25, 0.3) is 0 Å². The molecule has 0 aliphatic carbocycles. The third kappa shape index (κ3) is 5.46. The van der Waals surface area contributed by atoms with Gasteiger partial charge in [-0.25, -0.2) is 4.79 Å². The van der Waals surface area contributed by atoms with Crippen molar-refractivity contribution in [3.63, 3.8) is 0 Å². The SMILES string of the molecule is CCOC(=O)c1c(-c2ccccc2)csc1NC(=O)CN1CCCCC1CC(N)=O. The lowest BCUT2D eigenvalue weighted by molar-refractivity contribution is -0.122. The summed E-state index contributed by atoms with van der Waals surface area (Å²) in [7, 11) is 0. The quantitative estimate of drug-likeness (QED) is 0.627. The zero-order valence-corrected chi connectivity index (χ0v) is 17.9. The summed E-state index contributed by atoms with van der Waals surface area (Å²) < 4.78 is 5.24.